The molecule has 2 rings (SSSR count). The van der Waals surface area contributed by atoms with Crippen molar-refractivity contribution in [3.05, 3.63) is 12.2 Å². The molecule has 0 aromatic rings. The van der Waals surface area contributed by atoms with Gasteiger partial charge in [-0.3, -0.25) is 4.79 Å². The van der Waals surface area contributed by atoms with E-state index < -0.39 is 36.2 Å². The zero-order valence-corrected chi connectivity index (χ0v) is 19.8. The van der Waals surface area contributed by atoms with Gasteiger partial charge >= 0.3 is 0 Å². The third-order valence-electron chi connectivity index (χ3n) is 5.22. The van der Waals surface area contributed by atoms with Crippen LogP contribution in [0.5, 0.6) is 0 Å². The maximum Gasteiger partial charge on any atom is 0.255 e. The Morgan fingerprint density at radius 1 is 1.34 bits per heavy atom. The van der Waals surface area contributed by atoms with Gasteiger partial charge in [-0.15, -0.1) is 23.5 Å². The van der Waals surface area contributed by atoms with Gasteiger partial charge in [-0.1, -0.05) is 26.0 Å². The quantitative estimate of drug-likeness (QED) is 0.281. The third kappa shape index (κ3) is 5.31. The maximum absolute atomic E-state index is 12.9. The summed E-state index contributed by atoms with van der Waals surface area (Å²) in [4.78, 5) is 14.5. The van der Waals surface area contributed by atoms with Gasteiger partial charge in [-0.25, -0.2) is 0 Å². The average Bonchev–Trinajstić information content (AvgIpc) is 3.02. The molecule has 168 valence electrons. The highest BCUT2D eigenvalue weighted by molar-refractivity contribution is 8.17. The van der Waals surface area contributed by atoms with Crippen LogP contribution in [0.3, 0.4) is 0 Å². The number of aliphatic hydroxyl groups is 2. The fraction of sp³-hybridized carbons (Fsp3) is 0.850. The lowest BCUT2D eigenvalue weighted by molar-refractivity contribution is -0.186. The van der Waals surface area contributed by atoms with Crippen LogP contribution < -0.4 is 0 Å². The van der Waals surface area contributed by atoms with Gasteiger partial charge in [0.1, 0.15) is 18.3 Å². The van der Waals surface area contributed by atoms with Crippen molar-refractivity contribution < 1.29 is 29.2 Å². The zero-order valence-electron chi connectivity index (χ0n) is 18.2. The first-order chi connectivity index (χ1) is 13.6. The number of carbonyl (C=O) groups is 1. The SMILES string of the molecule is C=C(C)[C@H]1[C@@H](OC)C(=O)N1[C@@H](C(SCC)SCC)[C@@H](O)[C@@H](O)[C@H]1COC(C)(C)O1. The first-order valence-electron chi connectivity index (χ1n) is 10.0. The van der Waals surface area contributed by atoms with Gasteiger partial charge in [0, 0.05) is 7.11 Å². The normalized spacial score (nSPS) is 29.6. The number of β-lactam (4-membered cyclic amide) rings is 1. The van der Waals surface area contributed by atoms with E-state index in [4.69, 9.17) is 14.2 Å². The molecule has 0 bridgehead atoms. The smallest absolute Gasteiger partial charge is 0.255 e. The van der Waals surface area contributed by atoms with Crippen LogP contribution in [0.4, 0.5) is 0 Å². The number of rotatable bonds is 11. The van der Waals surface area contributed by atoms with Crippen LogP contribution in [0.1, 0.15) is 34.6 Å². The first-order valence-corrected chi connectivity index (χ1v) is 12.1. The highest BCUT2D eigenvalue weighted by Crippen LogP contribution is 2.40. The second-order valence-corrected chi connectivity index (χ2v) is 10.9. The van der Waals surface area contributed by atoms with Crippen molar-refractivity contribution in [2.75, 3.05) is 25.2 Å². The molecule has 0 spiro atoms. The molecule has 9 heteroatoms. The summed E-state index contributed by atoms with van der Waals surface area (Å²) in [5.74, 6) is 0.630. The van der Waals surface area contributed by atoms with Crippen molar-refractivity contribution in [3.63, 3.8) is 0 Å². The molecule has 0 saturated carbocycles. The Morgan fingerprint density at radius 3 is 2.34 bits per heavy atom. The molecular weight excluding hydrogens is 414 g/mol. The summed E-state index contributed by atoms with van der Waals surface area (Å²) in [6.07, 6.45) is -3.67. The van der Waals surface area contributed by atoms with Gasteiger partial charge in [-0.2, -0.15) is 0 Å². The number of amides is 1. The number of aliphatic hydroxyl groups excluding tert-OH is 2. The van der Waals surface area contributed by atoms with Crippen molar-refractivity contribution in [2.24, 2.45) is 0 Å². The molecular formula is C20H35NO6S2. The Morgan fingerprint density at radius 2 is 1.93 bits per heavy atom. The molecule has 2 saturated heterocycles. The summed E-state index contributed by atoms with van der Waals surface area (Å²) in [7, 11) is 1.50. The van der Waals surface area contributed by atoms with Gasteiger partial charge in [0.15, 0.2) is 11.9 Å². The number of ether oxygens (including phenoxy) is 3. The third-order valence-corrected chi connectivity index (χ3v) is 7.91. The lowest BCUT2D eigenvalue weighted by Crippen LogP contribution is -2.73. The van der Waals surface area contributed by atoms with E-state index in [2.05, 4.69) is 6.58 Å². The number of methoxy groups -OCH3 is 1. The Hall–Kier alpha value is -0.290. The fourth-order valence-corrected chi connectivity index (χ4v) is 6.71. The molecule has 29 heavy (non-hydrogen) atoms. The minimum Gasteiger partial charge on any atom is -0.388 e. The van der Waals surface area contributed by atoms with Crippen LogP contribution in [0.15, 0.2) is 12.2 Å². The number of nitrogens with zero attached hydrogens (tertiary/aromatic N) is 1. The van der Waals surface area contributed by atoms with Crippen LogP contribution in [-0.2, 0) is 19.0 Å². The molecule has 2 fully saturated rings. The fourth-order valence-electron chi connectivity index (χ4n) is 3.88. The van der Waals surface area contributed by atoms with Gasteiger partial charge < -0.3 is 29.3 Å². The average molecular weight is 450 g/mol. The van der Waals surface area contributed by atoms with Crippen LogP contribution in [0.2, 0.25) is 0 Å². The summed E-state index contributed by atoms with van der Waals surface area (Å²) in [6, 6.07) is -0.957. The largest absolute Gasteiger partial charge is 0.388 e. The van der Waals surface area contributed by atoms with E-state index in [1.165, 1.54) is 7.11 Å². The molecule has 2 aliphatic heterocycles. The van der Waals surface area contributed by atoms with E-state index in [1.807, 2.05) is 20.8 Å². The van der Waals surface area contributed by atoms with Crippen molar-refractivity contribution >= 4 is 29.4 Å². The van der Waals surface area contributed by atoms with Crippen molar-refractivity contribution in [1.82, 2.24) is 4.90 Å². The Labute approximate surface area is 182 Å². The molecule has 0 aliphatic carbocycles. The molecule has 2 aliphatic rings. The van der Waals surface area contributed by atoms with Crippen LogP contribution >= 0.6 is 23.5 Å². The predicted molar refractivity (Wildman–Crippen MR) is 117 cm³/mol. The van der Waals surface area contributed by atoms with E-state index >= 15 is 0 Å². The number of hydrogen-bond acceptors (Lipinski definition) is 8. The Kier molecular flexibility index (Phi) is 8.91. The number of thioether (sulfide) groups is 2. The number of likely N-dealkylation sites (tertiary alicyclic amines) is 1. The molecule has 0 radical (unpaired) electrons. The van der Waals surface area contributed by atoms with Gasteiger partial charge in [-0.05, 0) is 32.3 Å². The number of hydrogen-bond donors (Lipinski definition) is 2. The topological polar surface area (TPSA) is 88.5 Å². The molecule has 1 amide bonds. The Bertz CT molecular complexity index is 583. The van der Waals surface area contributed by atoms with E-state index in [9.17, 15) is 15.0 Å². The molecule has 6 atom stereocenters. The summed E-state index contributed by atoms with van der Waals surface area (Å²) < 4.78 is 16.6. The summed E-state index contributed by atoms with van der Waals surface area (Å²) in [5.41, 5.74) is 0.784. The van der Waals surface area contributed by atoms with E-state index in [0.29, 0.717) is 0 Å². The summed E-state index contributed by atoms with van der Waals surface area (Å²) in [5, 5.41) is 22.2. The molecule has 2 heterocycles. The highest BCUT2D eigenvalue weighted by atomic mass is 32.2. The second-order valence-electron chi connectivity index (χ2n) is 7.81. The zero-order chi connectivity index (χ0) is 21.9. The lowest BCUT2D eigenvalue weighted by Gasteiger charge is -2.53. The monoisotopic (exact) mass is 449 g/mol. The van der Waals surface area contributed by atoms with E-state index in [-0.39, 0.29) is 23.1 Å². The standard InChI is InChI=1S/C20H35NO6S2/c1-8-28-19(29-9-2)14(21-13(11(3)4)17(25-7)18(21)24)16(23)15(22)12-10-26-20(5,6)27-12/h12-17,19,22-23H,3,8-10H2,1-2,4-7H3/t12-,13+,14-,15+,16-,17-/m1/s1. The van der Waals surface area contributed by atoms with E-state index in [1.54, 1.807) is 42.3 Å². The molecule has 0 unspecified atom stereocenters. The van der Waals surface area contributed by atoms with E-state index in [0.717, 1.165) is 17.1 Å². The van der Waals surface area contributed by atoms with Crippen LogP contribution in [0, 0.1) is 0 Å². The number of carbonyl (C=O) groups excluding carboxylic acids is 1. The van der Waals surface area contributed by atoms with Gasteiger partial charge in [0.25, 0.3) is 5.91 Å². The summed E-state index contributed by atoms with van der Waals surface area (Å²) in [6.45, 7) is 13.7. The molecule has 7 nitrogen and oxygen atoms in total. The summed E-state index contributed by atoms with van der Waals surface area (Å²) >= 11 is 3.31. The lowest BCUT2D eigenvalue weighted by atomic mass is 9.87. The second kappa shape index (κ2) is 10.3. The molecule has 0 aromatic carbocycles. The Balaban J connectivity index is 2.34. The van der Waals surface area contributed by atoms with Crippen LogP contribution in [0.25, 0.3) is 0 Å². The van der Waals surface area contributed by atoms with Crippen molar-refractivity contribution in [2.45, 2.75) is 81.5 Å². The van der Waals surface area contributed by atoms with Crippen molar-refractivity contribution in [3.8, 4) is 0 Å². The minimum atomic E-state index is -1.20. The first kappa shape index (κ1) is 25.0. The maximum atomic E-state index is 12.9. The van der Waals surface area contributed by atoms with Gasteiger partial charge in [0.05, 0.1) is 23.3 Å². The minimum absolute atomic E-state index is 0.117. The molecule has 2 N–H and O–H groups in total. The van der Waals surface area contributed by atoms with Crippen LogP contribution in [-0.4, -0.2) is 93.1 Å². The highest BCUT2D eigenvalue weighted by Gasteiger charge is 2.56. The van der Waals surface area contributed by atoms with Gasteiger partial charge in [0.2, 0.25) is 0 Å². The molecule has 0 aromatic heterocycles. The van der Waals surface area contributed by atoms with Crippen molar-refractivity contribution in [1.29, 1.82) is 0 Å². The predicted octanol–water partition coefficient (Wildman–Crippen LogP) is 1.86.